The van der Waals surface area contributed by atoms with Gasteiger partial charge in [-0.1, -0.05) is 18.2 Å². The molecule has 0 atom stereocenters. The second-order valence-electron chi connectivity index (χ2n) is 6.94. The van der Waals surface area contributed by atoms with Gasteiger partial charge in [0.25, 0.3) is 0 Å². The Morgan fingerprint density at radius 1 is 1.11 bits per heavy atom. The normalized spacial score (nSPS) is 14.8. The number of benzene rings is 2. The third kappa shape index (κ3) is 5.70. The number of halogens is 1. The van der Waals surface area contributed by atoms with Gasteiger partial charge in [-0.3, -0.25) is 4.99 Å². The van der Waals surface area contributed by atoms with Crippen molar-refractivity contribution in [2.24, 2.45) is 4.99 Å². The lowest BCUT2D eigenvalue weighted by molar-refractivity contribution is 0.122. The molecule has 0 saturated carbocycles. The lowest BCUT2D eigenvalue weighted by Crippen LogP contribution is -2.38. The molecular weight excluding hydrogens is 355 g/mol. The maximum atomic E-state index is 13.2. The predicted octanol–water partition coefficient (Wildman–Crippen LogP) is 2.88. The van der Waals surface area contributed by atoms with Crippen LogP contribution in [0.3, 0.4) is 0 Å². The van der Waals surface area contributed by atoms with E-state index in [1.165, 1.54) is 17.3 Å². The van der Waals surface area contributed by atoms with Crippen LogP contribution < -0.4 is 15.5 Å². The first-order valence-electron chi connectivity index (χ1n) is 9.77. The minimum atomic E-state index is -0.189. The number of morpholine rings is 1. The highest BCUT2D eigenvalue weighted by Crippen LogP contribution is 2.16. The van der Waals surface area contributed by atoms with Crippen LogP contribution in [0.4, 0.5) is 10.1 Å². The summed E-state index contributed by atoms with van der Waals surface area (Å²) in [6.07, 6.45) is 0.820. The number of aliphatic imine (C=N–C) groups is 1. The minimum absolute atomic E-state index is 0.189. The van der Waals surface area contributed by atoms with Gasteiger partial charge in [-0.25, -0.2) is 4.39 Å². The van der Waals surface area contributed by atoms with E-state index in [9.17, 15) is 4.39 Å². The van der Waals surface area contributed by atoms with Crippen LogP contribution >= 0.6 is 0 Å². The number of hydrogen-bond acceptors (Lipinski definition) is 3. The van der Waals surface area contributed by atoms with Crippen molar-refractivity contribution in [2.75, 3.05) is 44.8 Å². The Balaban J connectivity index is 1.44. The molecule has 1 aliphatic rings. The molecule has 28 heavy (non-hydrogen) atoms. The molecule has 2 aromatic carbocycles. The zero-order valence-corrected chi connectivity index (χ0v) is 16.7. The first-order chi connectivity index (χ1) is 13.7. The smallest absolute Gasteiger partial charge is 0.191 e. The highest BCUT2D eigenvalue weighted by atomic mass is 19.1. The summed E-state index contributed by atoms with van der Waals surface area (Å²) >= 11 is 0. The van der Waals surface area contributed by atoms with Crippen molar-refractivity contribution in [3.05, 3.63) is 65.0 Å². The molecule has 2 aromatic rings. The Hall–Kier alpha value is -2.60. The van der Waals surface area contributed by atoms with Gasteiger partial charge in [0.05, 0.1) is 13.2 Å². The molecule has 1 fully saturated rings. The molecule has 0 unspecified atom stereocenters. The molecule has 0 spiro atoms. The number of rotatable bonds is 6. The van der Waals surface area contributed by atoms with Gasteiger partial charge in [0, 0.05) is 38.9 Å². The predicted molar refractivity (Wildman–Crippen MR) is 113 cm³/mol. The Morgan fingerprint density at radius 3 is 2.54 bits per heavy atom. The number of anilines is 1. The number of nitrogens with zero attached hydrogens (tertiary/aromatic N) is 2. The third-order valence-electron chi connectivity index (χ3n) is 4.99. The number of nitrogens with one attached hydrogen (secondary N) is 2. The van der Waals surface area contributed by atoms with Gasteiger partial charge in [-0.15, -0.1) is 0 Å². The van der Waals surface area contributed by atoms with E-state index in [-0.39, 0.29) is 5.82 Å². The lowest BCUT2D eigenvalue weighted by Gasteiger charge is -2.28. The Bertz CT molecular complexity index is 786. The molecule has 2 N–H and O–H groups in total. The number of hydrogen-bond donors (Lipinski definition) is 2. The summed E-state index contributed by atoms with van der Waals surface area (Å²) in [7, 11) is 1.76. The summed E-state index contributed by atoms with van der Waals surface area (Å²) in [4.78, 5) is 6.62. The Labute approximate surface area is 166 Å². The standard InChI is InChI=1S/C22H29FN4O/c1-17-15-20(23)6-5-19(17)9-10-25-22(24-2)26-16-18-3-7-21(8-4-18)27-11-13-28-14-12-27/h3-8,15H,9-14,16H2,1-2H3,(H2,24,25,26). The van der Waals surface area contributed by atoms with E-state index in [0.717, 1.165) is 56.4 Å². The second kappa shape index (κ2) is 10.1. The average Bonchev–Trinajstić information content (AvgIpc) is 2.73. The Morgan fingerprint density at radius 2 is 1.86 bits per heavy atom. The molecule has 1 saturated heterocycles. The molecule has 0 bridgehead atoms. The molecule has 1 heterocycles. The van der Waals surface area contributed by atoms with Gasteiger partial charge in [0.15, 0.2) is 5.96 Å². The fraction of sp³-hybridized carbons (Fsp3) is 0.409. The van der Waals surface area contributed by atoms with Crippen molar-refractivity contribution in [3.63, 3.8) is 0 Å². The van der Waals surface area contributed by atoms with E-state index in [2.05, 4.69) is 44.8 Å². The van der Waals surface area contributed by atoms with Gasteiger partial charge in [-0.05, 0) is 54.3 Å². The highest BCUT2D eigenvalue weighted by molar-refractivity contribution is 5.79. The molecule has 5 nitrogen and oxygen atoms in total. The van der Waals surface area contributed by atoms with Gasteiger partial charge in [0.2, 0.25) is 0 Å². The minimum Gasteiger partial charge on any atom is -0.378 e. The topological polar surface area (TPSA) is 48.9 Å². The summed E-state index contributed by atoms with van der Waals surface area (Å²) in [5.41, 5.74) is 4.56. The molecule has 1 aliphatic heterocycles. The lowest BCUT2D eigenvalue weighted by atomic mass is 10.1. The fourth-order valence-corrected chi connectivity index (χ4v) is 3.31. The molecule has 0 aromatic heterocycles. The Kier molecular flexibility index (Phi) is 7.25. The van der Waals surface area contributed by atoms with E-state index in [1.807, 2.05) is 13.0 Å². The van der Waals surface area contributed by atoms with Crippen molar-refractivity contribution in [3.8, 4) is 0 Å². The molecular formula is C22H29FN4O. The SMILES string of the molecule is CN=C(NCCc1ccc(F)cc1C)NCc1ccc(N2CCOCC2)cc1. The van der Waals surface area contributed by atoms with E-state index in [1.54, 1.807) is 13.1 Å². The largest absolute Gasteiger partial charge is 0.378 e. The van der Waals surface area contributed by atoms with Crippen molar-refractivity contribution < 1.29 is 9.13 Å². The van der Waals surface area contributed by atoms with E-state index in [4.69, 9.17) is 4.74 Å². The van der Waals surface area contributed by atoms with Crippen molar-refractivity contribution in [1.82, 2.24) is 10.6 Å². The zero-order valence-electron chi connectivity index (χ0n) is 16.7. The molecule has 0 amide bonds. The maximum absolute atomic E-state index is 13.2. The van der Waals surface area contributed by atoms with Crippen LogP contribution in [-0.4, -0.2) is 45.9 Å². The van der Waals surface area contributed by atoms with E-state index < -0.39 is 0 Å². The molecule has 0 radical (unpaired) electrons. The number of aryl methyl sites for hydroxylation is 1. The van der Waals surface area contributed by atoms with Crippen LogP contribution in [0.15, 0.2) is 47.5 Å². The van der Waals surface area contributed by atoms with Crippen LogP contribution in [0.1, 0.15) is 16.7 Å². The molecule has 0 aliphatic carbocycles. The second-order valence-corrected chi connectivity index (χ2v) is 6.94. The first-order valence-corrected chi connectivity index (χ1v) is 9.77. The number of guanidine groups is 1. The van der Waals surface area contributed by atoms with Gasteiger partial charge in [0.1, 0.15) is 5.82 Å². The summed E-state index contributed by atoms with van der Waals surface area (Å²) in [5, 5.41) is 6.66. The van der Waals surface area contributed by atoms with Gasteiger partial charge < -0.3 is 20.3 Å². The van der Waals surface area contributed by atoms with Crippen LogP contribution in [0.25, 0.3) is 0 Å². The monoisotopic (exact) mass is 384 g/mol. The quantitative estimate of drug-likeness (QED) is 0.594. The summed E-state index contributed by atoms with van der Waals surface area (Å²) < 4.78 is 18.6. The molecule has 6 heteroatoms. The van der Waals surface area contributed by atoms with Crippen LogP contribution in [0.2, 0.25) is 0 Å². The van der Waals surface area contributed by atoms with E-state index >= 15 is 0 Å². The molecule has 150 valence electrons. The van der Waals surface area contributed by atoms with Crippen LogP contribution in [-0.2, 0) is 17.7 Å². The third-order valence-corrected chi connectivity index (χ3v) is 4.99. The van der Waals surface area contributed by atoms with Gasteiger partial charge in [-0.2, -0.15) is 0 Å². The summed E-state index contributed by atoms with van der Waals surface area (Å²) in [6.45, 7) is 6.86. The first kappa shape index (κ1) is 20.1. The van der Waals surface area contributed by atoms with Crippen LogP contribution in [0, 0.1) is 12.7 Å². The summed E-state index contributed by atoms with van der Waals surface area (Å²) in [5.74, 6) is 0.573. The zero-order chi connectivity index (χ0) is 19.8. The van der Waals surface area contributed by atoms with Crippen molar-refractivity contribution in [1.29, 1.82) is 0 Å². The summed E-state index contributed by atoms with van der Waals surface area (Å²) in [6, 6.07) is 13.5. The highest BCUT2D eigenvalue weighted by Gasteiger charge is 2.10. The fourth-order valence-electron chi connectivity index (χ4n) is 3.31. The average molecular weight is 384 g/mol. The van der Waals surface area contributed by atoms with Crippen LogP contribution in [0.5, 0.6) is 0 Å². The molecule has 3 rings (SSSR count). The number of ether oxygens (including phenoxy) is 1. The van der Waals surface area contributed by atoms with Crippen molar-refractivity contribution >= 4 is 11.6 Å². The van der Waals surface area contributed by atoms with E-state index in [0.29, 0.717) is 6.54 Å². The van der Waals surface area contributed by atoms with Crippen molar-refractivity contribution in [2.45, 2.75) is 19.9 Å². The van der Waals surface area contributed by atoms with Gasteiger partial charge >= 0.3 is 0 Å². The maximum Gasteiger partial charge on any atom is 0.191 e.